The molecule has 1 unspecified atom stereocenters. The van der Waals surface area contributed by atoms with E-state index in [1.54, 1.807) is 6.92 Å². The second kappa shape index (κ2) is 6.67. The van der Waals surface area contributed by atoms with Crippen molar-refractivity contribution in [3.63, 3.8) is 0 Å². The molecule has 0 heterocycles. The number of carbonyl (C=O) groups is 1. The lowest BCUT2D eigenvalue weighted by molar-refractivity contribution is -0.141. The zero-order chi connectivity index (χ0) is 14.5. The smallest absolute Gasteiger partial charge is 0.306 e. The molecule has 1 saturated carbocycles. The van der Waals surface area contributed by atoms with Crippen LogP contribution in [0.3, 0.4) is 0 Å². The van der Waals surface area contributed by atoms with E-state index in [0.717, 1.165) is 12.8 Å². The predicted octanol–water partition coefficient (Wildman–Crippen LogP) is 0.108. The number of esters is 1. The predicted molar refractivity (Wildman–Crippen MR) is 71.4 cm³/mol. The SMILES string of the molecule is CCOC(CN)CS(=O)(=O)CC1(CC(=O)OC)CC1. The normalized spacial score (nSPS) is 18.9. The lowest BCUT2D eigenvalue weighted by atomic mass is 10.1. The minimum atomic E-state index is -3.28. The van der Waals surface area contributed by atoms with Crippen molar-refractivity contribution in [1.29, 1.82) is 0 Å². The molecule has 6 nitrogen and oxygen atoms in total. The third kappa shape index (κ3) is 5.46. The fourth-order valence-corrected chi connectivity index (χ4v) is 4.40. The molecular weight excluding hydrogens is 270 g/mol. The van der Waals surface area contributed by atoms with Crippen LogP contribution in [0.2, 0.25) is 0 Å². The van der Waals surface area contributed by atoms with Crippen LogP contribution in [0.15, 0.2) is 0 Å². The molecule has 1 fully saturated rings. The van der Waals surface area contributed by atoms with Crippen LogP contribution < -0.4 is 5.73 Å². The number of hydrogen-bond donors (Lipinski definition) is 1. The van der Waals surface area contributed by atoms with Gasteiger partial charge in [-0.3, -0.25) is 4.79 Å². The first kappa shape index (κ1) is 16.4. The van der Waals surface area contributed by atoms with E-state index >= 15 is 0 Å². The summed E-state index contributed by atoms with van der Waals surface area (Å²) in [5.41, 5.74) is 5.06. The molecule has 1 rings (SSSR count). The maximum absolute atomic E-state index is 12.1. The molecule has 2 N–H and O–H groups in total. The molecule has 0 saturated heterocycles. The molecule has 0 aromatic heterocycles. The van der Waals surface area contributed by atoms with Gasteiger partial charge >= 0.3 is 5.97 Å². The average Bonchev–Trinajstić information content (AvgIpc) is 3.06. The molecule has 1 aliphatic rings. The molecule has 0 radical (unpaired) electrons. The molecule has 0 aromatic rings. The number of hydrogen-bond acceptors (Lipinski definition) is 6. The minimum Gasteiger partial charge on any atom is -0.469 e. The summed E-state index contributed by atoms with van der Waals surface area (Å²) in [6, 6.07) is 0. The first-order valence-electron chi connectivity index (χ1n) is 6.45. The first-order chi connectivity index (χ1) is 8.86. The van der Waals surface area contributed by atoms with Crippen LogP contribution >= 0.6 is 0 Å². The van der Waals surface area contributed by atoms with Crippen LogP contribution in [0.5, 0.6) is 0 Å². The number of rotatable bonds is 9. The Bertz CT molecular complexity index is 402. The van der Waals surface area contributed by atoms with E-state index in [1.807, 2.05) is 0 Å². The molecule has 1 atom stereocenters. The third-order valence-corrected chi connectivity index (χ3v) is 5.27. The third-order valence-electron chi connectivity index (χ3n) is 3.34. The highest BCUT2D eigenvalue weighted by molar-refractivity contribution is 7.91. The van der Waals surface area contributed by atoms with Crippen LogP contribution in [0.1, 0.15) is 26.2 Å². The van der Waals surface area contributed by atoms with Crippen molar-refractivity contribution in [2.24, 2.45) is 11.1 Å². The van der Waals surface area contributed by atoms with Crippen LogP contribution in [0.25, 0.3) is 0 Å². The molecule has 112 valence electrons. The molecule has 0 bridgehead atoms. The van der Waals surface area contributed by atoms with Gasteiger partial charge in [0, 0.05) is 13.2 Å². The Morgan fingerprint density at radius 2 is 2.05 bits per heavy atom. The Morgan fingerprint density at radius 3 is 2.47 bits per heavy atom. The summed E-state index contributed by atoms with van der Waals surface area (Å²) < 4.78 is 34.1. The van der Waals surface area contributed by atoms with Gasteiger partial charge in [0.05, 0.1) is 31.1 Å². The van der Waals surface area contributed by atoms with Crippen molar-refractivity contribution < 1.29 is 22.7 Å². The Hall–Kier alpha value is -0.660. The number of sulfone groups is 1. The number of nitrogens with two attached hydrogens (primary N) is 1. The van der Waals surface area contributed by atoms with Crippen molar-refractivity contribution in [1.82, 2.24) is 0 Å². The summed E-state index contributed by atoms with van der Waals surface area (Å²) >= 11 is 0. The average molecular weight is 293 g/mol. The quantitative estimate of drug-likeness (QED) is 0.606. The maximum atomic E-state index is 12.1. The molecule has 0 aliphatic heterocycles. The highest BCUT2D eigenvalue weighted by Gasteiger charge is 2.48. The van der Waals surface area contributed by atoms with Crippen molar-refractivity contribution in [2.75, 3.05) is 31.8 Å². The summed E-state index contributed by atoms with van der Waals surface area (Å²) in [5.74, 6) is -0.424. The van der Waals surface area contributed by atoms with Gasteiger partial charge in [-0.15, -0.1) is 0 Å². The van der Waals surface area contributed by atoms with Gasteiger partial charge in [0.1, 0.15) is 0 Å². The maximum Gasteiger partial charge on any atom is 0.306 e. The van der Waals surface area contributed by atoms with Gasteiger partial charge in [0.25, 0.3) is 0 Å². The van der Waals surface area contributed by atoms with Crippen molar-refractivity contribution in [3.8, 4) is 0 Å². The van der Waals surface area contributed by atoms with Crippen LogP contribution in [0, 0.1) is 5.41 Å². The van der Waals surface area contributed by atoms with Crippen LogP contribution in [0.4, 0.5) is 0 Å². The van der Waals surface area contributed by atoms with E-state index < -0.39 is 21.4 Å². The van der Waals surface area contributed by atoms with Gasteiger partial charge in [-0.1, -0.05) is 0 Å². The monoisotopic (exact) mass is 293 g/mol. The van der Waals surface area contributed by atoms with Crippen molar-refractivity contribution in [2.45, 2.75) is 32.3 Å². The van der Waals surface area contributed by atoms with E-state index in [0.29, 0.717) is 6.61 Å². The fourth-order valence-electron chi connectivity index (χ4n) is 2.16. The minimum absolute atomic E-state index is 0.0126. The lowest BCUT2D eigenvalue weighted by Gasteiger charge is -2.18. The molecule has 0 spiro atoms. The summed E-state index contributed by atoms with van der Waals surface area (Å²) in [6.45, 7) is 2.41. The molecule has 7 heteroatoms. The van der Waals surface area contributed by atoms with E-state index in [9.17, 15) is 13.2 Å². The molecule has 19 heavy (non-hydrogen) atoms. The Kier molecular flexibility index (Phi) is 5.76. The van der Waals surface area contributed by atoms with Gasteiger partial charge < -0.3 is 15.2 Å². The second-order valence-corrected chi connectivity index (χ2v) is 7.23. The van der Waals surface area contributed by atoms with E-state index in [2.05, 4.69) is 4.74 Å². The summed E-state index contributed by atoms with van der Waals surface area (Å²) in [4.78, 5) is 11.3. The molecule has 1 aliphatic carbocycles. The summed E-state index contributed by atoms with van der Waals surface area (Å²) in [6.07, 6.45) is 1.21. The topological polar surface area (TPSA) is 95.7 Å². The second-order valence-electron chi connectivity index (χ2n) is 5.12. The summed E-state index contributed by atoms with van der Waals surface area (Å²) in [5, 5.41) is 0. The largest absolute Gasteiger partial charge is 0.469 e. The fraction of sp³-hybridized carbons (Fsp3) is 0.917. The van der Waals surface area contributed by atoms with Gasteiger partial charge in [0.2, 0.25) is 0 Å². The van der Waals surface area contributed by atoms with Gasteiger partial charge in [-0.25, -0.2) is 8.42 Å². The Labute approximate surface area is 114 Å². The first-order valence-corrected chi connectivity index (χ1v) is 8.27. The molecular formula is C12H23NO5S. The van der Waals surface area contributed by atoms with Gasteiger partial charge in [-0.05, 0) is 25.2 Å². The van der Waals surface area contributed by atoms with E-state index in [1.165, 1.54) is 7.11 Å². The molecule has 0 amide bonds. The standard InChI is InChI=1S/C12H23NO5S/c1-3-18-10(7-13)8-19(15,16)9-12(4-5-12)6-11(14)17-2/h10H,3-9,13H2,1-2H3. The Morgan fingerprint density at radius 1 is 1.42 bits per heavy atom. The lowest BCUT2D eigenvalue weighted by Crippen LogP contribution is -2.34. The van der Waals surface area contributed by atoms with E-state index in [4.69, 9.17) is 10.5 Å². The zero-order valence-corrected chi connectivity index (χ0v) is 12.4. The van der Waals surface area contributed by atoms with Crippen LogP contribution in [-0.4, -0.2) is 52.3 Å². The Balaban J connectivity index is 2.57. The highest BCUT2D eigenvalue weighted by atomic mass is 32.2. The summed E-state index contributed by atoms with van der Waals surface area (Å²) in [7, 11) is -1.96. The zero-order valence-electron chi connectivity index (χ0n) is 11.6. The molecule has 0 aromatic carbocycles. The van der Waals surface area contributed by atoms with Crippen molar-refractivity contribution >= 4 is 15.8 Å². The number of carbonyl (C=O) groups excluding carboxylic acids is 1. The van der Waals surface area contributed by atoms with Gasteiger partial charge in [-0.2, -0.15) is 0 Å². The highest BCUT2D eigenvalue weighted by Crippen LogP contribution is 2.50. The number of methoxy groups -OCH3 is 1. The van der Waals surface area contributed by atoms with E-state index in [-0.39, 0.29) is 30.4 Å². The van der Waals surface area contributed by atoms with Gasteiger partial charge in [0.15, 0.2) is 9.84 Å². The number of ether oxygens (including phenoxy) is 2. The van der Waals surface area contributed by atoms with Crippen molar-refractivity contribution in [3.05, 3.63) is 0 Å². The van der Waals surface area contributed by atoms with Crippen LogP contribution in [-0.2, 0) is 24.1 Å².